The number of alkyl halides is 34. The zero-order valence-corrected chi connectivity index (χ0v) is 24.4. The molecule has 0 atom stereocenters. The summed E-state index contributed by atoms with van der Waals surface area (Å²) in [5.41, 5.74) is 0. The van der Waals surface area contributed by atoms with Crippen molar-refractivity contribution in [3.05, 3.63) is 0 Å². The third-order valence-electron chi connectivity index (χ3n) is 6.35. The lowest BCUT2D eigenvalue weighted by Gasteiger charge is -2.46. The zero-order chi connectivity index (χ0) is 43.4. The van der Waals surface area contributed by atoms with Gasteiger partial charge in [0.15, 0.2) is 0 Å². The van der Waals surface area contributed by atoms with Crippen LogP contribution in [0.15, 0.2) is 0 Å². The molecule has 0 heterocycles. The fourth-order valence-corrected chi connectivity index (χ4v) is 3.73. The van der Waals surface area contributed by atoms with Gasteiger partial charge in [0.05, 0.1) is 0 Å². The van der Waals surface area contributed by atoms with E-state index in [1.54, 1.807) is 0 Å². The highest BCUT2D eigenvalue weighted by Crippen LogP contribution is 2.70. The summed E-state index contributed by atoms with van der Waals surface area (Å²) in [7, 11) is 0. The Labute approximate surface area is 274 Å². The summed E-state index contributed by atoms with van der Waals surface area (Å²) in [5, 5.41) is 0. The second kappa shape index (κ2) is 12.5. The third kappa shape index (κ3) is 5.77. The van der Waals surface area contributed by atoms with Gasteiger partial charge in [-0.2, -0.15) is 145 Å². The Morgan fingerprint density at radius 1 is 0.212 bits per heavy atom. The first-order valence-electron chi connectivity index (χ1n) is 11.1. The molecule has 0 aromatic rings. The van der Waals surface area contributed by atoms with Crippen LogP contribution in [-0.4, -0.2) is 99.4 Å². The molecule has 0 N–H and O–H groups in total. The molecule has 0 fully saturated rings. The molecule has 0 radical (unpaired) electrons. The summed E-state index contributed by atoms with van der Waals surface area (Å²) in [4.78, 5) is 0. The van der Waals surface area contributed by atoms with Crippen LogP contribution in [0.5, 0.6) is 0 Å². The average molecular weight is 974 g/mol. The molecule has 0 unspecified atom stereocenters. The minimum absolute atomic E-state index is 0.502. The minimum atomic E-state index is -10.2. The molecule has 0 aliphatic rings. The van der Waals surface area contributed by atoms with Crippen LogP contribution >= 0.6 is 22.6 Å². The number of halogens is 34. The van der Waals surface area contributed by atoms with Crippen molar-refractivity contribution in [2.75, 3.05) is 4.43 Å². The smallest absolute Gasteiger partial charge is 0.200 e. The fourth-order valence-electron chi connectivity index (χ4n) is 3.05. The van der Waals surface area contributed by atoms with Gasteiger partial charge in [-0.1, -0.05) is 22.6 Å². The molecule has 0 bridgehead atoms. The first-order chi connectivity index (χ1) is 21.8. The molecule has 0 amide bonds. The highest BCUT2D eigenvalue weighted by atomic mass is 127. The van der Waals surface area contributed by atoms with E-state index in [4.69, 9.17) is 0 Å². The second-order valence-electron chi connectivity index (χ2n) is 9.68. The summed E-state index contributed by atoms with van der Waals surface area (Å²) in [5.74, 6) is -142. The van der Waals surface area contributed by atoms with Gasteiger partial charge in [-0.15, -0.1) is 0 Å². The molecule has 0 rings (SSSR count). The quantitative estimate of drug-likeness (QED) is 0.0821. The first kappa shape index (κ1) is 50.4. The normalized spacial score (nSPS) is 17.2. The molecule has 0 aromatic carbocycles. The molecular weight excluding hydrogens is 970 g/mol. The van der Waals surface area contributed by atoms with E-state index in [1.807, 2.05) is 0 Å². The largest absolute Gasteiger partial charge is 0.460 e. The molecule has 0 spiro atoms. The van der Waals surface area contributed by atoms with Gasteiger partial charge in [-0.3, -0.25) is 0 Å². The molecule has 0 saturated heterocycles. The minimum Gasteiger partial charge on any atom is -0.200 e. The molecule has 52 heavy (non-hydrogen) atoms. The molecule has 0 aliphatic heterocycles. The zero-order valence-electron chi connectivity index (χ0n) is 22.3. The Hall–Kier alpha value is -1.58. The molecule has 314 valence electrons. The monoisotopic (exact) mass is 974 g/mol. The van der Waals surface area contributed by atoms with Crippen LogP contribution in [0.4, 0.5) is 145 Å². The molecule has 0 aliphatic carbocycles. The number of hydrogen-bond acceptors (Lipinski definition) is 0. The van der Waals surface area contributed by atoms with Crippen molar-refractivity contribution in [3.63, 3.8) is 0 Å². The lowest BCUT2D eigenvalue weighted by molar-refractivity contribution is -0.491. The summed E-state index contributed by atoms with van der Waals surface area (Å²) in [6, 6.07) is 0. The van der Waals surface area contributed by atoms with E-state index in [-0.39, 0.29) is 0 Å². The molecule has 0 nitrogen and oxygen atoms in total. The highest BCUT2D eigenvalue weighted by molar-refractivity contribution is 14.1. The first-order valence-corrected chi connectivity index (χ1v) is 12.6. The van der Waals surface area contributed by atoms with Crippen LogP contribution in [0.2, 0.25) is 0 Å². The van der Waals surface area contributed by atoms with E-state index >= 15 is 0 Å². The van der Waals surface area contributed by atoms with Crippen LogP contribution in [-0.2, 0) is 0 Å². The summed E-state index contributed by atoms with van der Waals surface area (Å²) in [6.07, 6.45) is -11.3. The predicted octanol–water partition coefficient (Wildman–Crippen LogP) is 11.9. The molecule has 0 saturated carbocycles. The van der Waals surface area contributed by atoms with Gasteiger partial charge < -0.3 is 0 Å². The van der Waals surface area contributed by atoms with Crippen LogP contribution in [0.3, 0.4) is 0 Å². The topological polar surface area (TPSA) is 0 Å². The van der Waals surface area contributed by atoms with Crippen LogP contribution < -0.4 is 0 Å². The van der Waals surface area contributed by atoms with E-state index < -0.39 is 106 Å². The van der Waals surface area contributed by atoms with Crippen molar-refractivity contribution >= 4 is 22.6 Å². The van der Waals surface area contributed by atoms with E-state index in [0.29, 0.717) is 22.6 Å². The maximum absolute atomic E-state index is 13.8. The van der Waals surface area contributed by atoms with Crippen molar-refractivity contribution in [3.8, 4) is 0 Å². The van der Waals surface area contributed by atoms with E-state index in [2.05, 4.69) is 0 Å². The van der Waals surface area contributed by atoms with Gasteiger partial charge in [0, 0.05) is 10.8 Å². The van der Waals surface area contributed by atoms with Crippen molar-refractivity contribution in [2.45, 2.75) is 101 Å². The maximum Gasteiger partial charge on any atom is 0.460 e. The van der Waals surface area contributed by atoms with E-state index in [1.165, 1.54) is 0 Å². The van der Waals surface area contributed by atoms with Crippen LogP contribution in [0.1, 0.15) is 6.42 Å². The highest BCUT2D eigenvalue weighted by Gasteiger charge is 3.01. The lowest BCUT2D eigenvalue weighted by atomic mass is 9.82. The van der Waals surface area contributed by atoms with Gasteiger partial charge in [0.1, 0.15) is 0 Å². The Balaban J connectivity index is 7.71. The van der Waals surface area contributed by atoms with E-state index in [0.717, 1.165) is 0 Å². The Morgan fingerprint density at radius 2 is 0.346 bits per heavy atom. The third-order valence-corrected chi connectivity index (χ3v) is 6.89. The molecule has 34 heteroatoms. The molecular formula is C18H4F33I. The summed E-state index contributed by atoms with van der Waals surface area (Å²) >= 11 is 0.502. The van der Waals surface area contributed by atoms with Crippen molar-refractivity contribution in [2.24, 2.45) is 0 Å². The fraction of sp³-hybridized carbons (Fsp3) is 1.00. The average Bonchev–Trinajstić information content (AvgIpc) is 2.90. The number of hydrogen-bond donors (Lipinski definition) is 0. The summed E-state index contributed by atoms with van der Waals surface area (Å²) < 4.78 is 442. The van der Waals surface area contributed by atoms with Gasteiger partial charge in [-0.25, -0.2) is 0 Å². The van der Waals surface area contributed by atoms with Gasteiger partial charge in [0.25, 0.3) is 0 Å². The second-order valence-corrected chi connectivity index (χ2v) is 10.8. The van der Waals surface area contributed by atoms with E-state index in [9.17, 15) is 145 Å². The van der Waals surface area contributed by atoms with Crippen LogP contribution in [0, 0.1) is 0 Å². The van der Waals surface area contributed by atoms with Crippen molar-refractivity contribution in [1.29, 1.82) is 0 Å². The number of rotatable bonds is 16. The Kier molecular flexibility index (Phi) is 12.1. The lowest BCUT2D eigenvalue weighted by Crippen LogP contribution is -2.80. The SMILES string of the molecule is FC(F)(F)C(F)(F)C(F)(F)C(F)(F)C(F)(F)C(F)(F)C(F)(F)C(F)(F)C(F)(F)C(F)(F)C(F)(F)C(F)(F)C(F)(F)C(F)(F)C(F)(F)C(F)(F)CCI. The van der Waals surface area contributed by atoms with Crippen molar-refractivity contribution < 1.29 is 145 Å². The van der Waals surface area contributed by atoms with Gasteiger partial charge in [-0.05, 0) is 0 Å². The van der Waals surface area contributed by atoms with Gasteiger partial charge in [0.2, 0.25) is 0 Å². The standard InChI is InChI=1S/C18H4F33I/c19-3(20,1-2-52)4(21,22)5(23,24)6(25,26)7(27,28)8(29,30)9(31,32)10(33,34)11(35,36)12(37,38)13(39,40)14(41,42)15(43,44)16(45,46)17(47,48)18(49,50)51/h1-2H2. The van der Waals surface area contributed by atoms with Gasteiger partial charge >= 0.3 is 95.0 Å². The maximum atomic E-state index is 13.8. The van der Waals surface area contributed by atoms with Crippen molar-refractivity contribution in [1.82, 2.24) is 0 Å². The predicted molar refractivity (Wildman–Crippen MR) is 104 cm³/mol. The Bertz CT molecular complexity index is 1280. The van der Waals surface area contributed by atoms with Crippen LogP contribution in [0.25, 0.3) is 0 Å². The molecule has 0 aromatic heterocycles. The Morgan fingerprint density at radius 3 is 0.481 bits per heavy atom. The summed E-state index contributed by atoms with van der Waals surface area (Å²) in [6.45, 7) is 0.